The van der Waals surface area contributed by atoms with Gasteiger partial charge in [0.15, 0.2) is 11.2 Å². The van der Waals surface area contributed by atoms with Crippen LogP contribution in [0, 0.1) is 0 Å². The van der Waals surface area contributed by atoms with Crippen LogP contribution in [0.1, 0.15) is 32.3 Å². The van der Waals surface area contributed by atoms with Gasteiger partial charge in [-0.2, -0.15) is 4.98 Å². The Balaban J connectivity index is 1.87. The van der Waals surface area contributed by atoms with Crippen LogP contribution in [-0.4, -0.2) is 25.2 Å². The Kier molecular flexibility index (Phi) is 4.37. The fourth-order valence-electron chi connectivity index (χ4n) is 3.75. The van der Waals surface area contributed by atoms with Gasteiger partial charge in [-0.05, 0) is 30.5 Å². The van der Waals surface area contributed by atoms with Crippen LogP contribution < -0.4 is 16.1 Å². The number of fused-ring (bicyclic) bond motifs is 3. The second-order valence-electron chi connectivity index (χ2n) is 7.06. The Morgan fingerprint density at radius 2 is 1.81 bits per heavy atom. The molecule has 0 bridgehead atoms. The molecule has 7 heteroatoms. The van der Waals surface area contributed by atoms with Gasteiger partial charge in [-0.15, -0.1) is 0 Å². The van der Waals surface area contributed by atoms with Crippen molar-refractivity contribution in [2.45, 2.75) is 46.2 Å². The normalized spacial score (nSPS) is 13.5. The molecule has 0 spiro atoms. The number of hydrogen-bond acceptors (Lipinski definition) is 4. The molecule has 1 aliphatic rings. The molecule has 1 aromatic carbocycles. The lowest BCUT2D eigenvalue weighted by molar-refractivity contribution is 0.564. The van der Waals surface area contributed by atoms with Crippen molar-refractivity contribution in [1.82, 2.24) is 18.7 Å². The van der Waals surface area contributed by atoms with E-state index in [0.29, 0.717) is 24.3 Å². The fourth-order valence-corrected chi connectivity index (χ4v) is 3.75. The number of nitrogens with zero attached hydrogens (tertiary/aromatic N) is 5. The topological polar surface area (TPSA) is 65.1 Å². The summed E-state index contributed by atoms with van der Waals surface area (Å²) in [6.07, 6.45) is 2.73. The van der Waals surface area contributed by atoms with E-state index in [2.05, 4.69) is 41.1 Å². The summed E-state index contributed by atoms with van der Waals surface area (Å²) in [5, 5.41) is 0. The molecule has 3 aromatic rings. The Labute approximate surface area is 157 Å². The average molecular weight is 367 g/mol. The van der Waals surface area contributed by atoms with E-state index < -0.39 is 0 Å². The number of anilines is 2. The summed E-state index contributed by atoms with van der Waals surface area (Å²) < 4.78 is 4.79. The van der Waals surface area contributed by atoms with Crippen molar-refractivity contribution in [2.75, 3.05) is 11.4 Å². The van der Waals surface area contributed by atoms with Crippen molar-refractivity contribution in [2.24, 2.45) is 7.05 Å². The lowest BCUT2D eigenvalue weighted by Crippen LogP contribution is -2.39. The van der Waals surface area contributed by atoms with Gasteiger partial charge in [-0.3, -0.25) is 13.9 Å². The predicted molar refractivity (Wildman–Crippen MR) is 107 cm³/mol. The third-order valence-corrected chi connectivity index (χ3v) is 5.39. The molecule has 0 N–H and O–H groups in total. The highest BCUT2D eigenvalue weighted by molar-refractivity contribution is 5.77. The maximum Gasteiger partial charge on any atom is 0.332 e. The summed E-state index contributed by atoms with van der Waals surface area (Å²) in [6.45, 7) is 6.07. The first kappa shape index (κ1) is 17.6. The van der Waals surface area contributed by atoms with Crippen LogP contribution in [0.5, 0.6) is 0 Å². The molecule has 0 radical (unpaired) electrons. The summed E-state index contributed by atoms with van der Waals surface area (Å²) in [5.41, 5.74) is 2.80. The van der Waals surface area contributed by atoms with Gasteiger partial charge in [0.05, 0.1) is 0 Å². The van der Waals surface area contributed by atoms with Gasteiger partial charge in [0.25, 0.3) is 5.56 Å². The molecule has 1 aliphatic heterocycles. The molecule has 0 saturated carbocycles. The van der Waals surface area contributed by atoms with Crippen molar-refractivity contribution in [3.63, 3.8) is 0 Å². The number of aryl methyl sites for hydroxylation is 2. The van der Waals surface area contributed by atoms with Crippen LogP contribution >= 0.6 is 0 Å². The van der Waals surface area contributed by atoms with E-state index in [1.807, 2.05) is 11.5 Å². The first-order valence-electron chi connectivity index (χ1n) is 9.63. The molecule has 2 aromatic heterocycles. The Morgan fingerprint density at radius 1 is 1.07 bits per heavy atom. The number of hydrogen-bond donors (Lipinski definition) is 0. The first-order valence-corrected chi connectivity index (χ1v) is 9.63. The Morgan fingerprint density at radius 3 is 2.48 bits per heavy atom. The molecule has 0 atom stereocenters. The molecule has 3 heterocycles. The zero-order valence-corrected chi connectivity index (χ0v) is 16.1. The highest BCUT2D eigenvalue weighted by atomic mass is 16.2. The lowest BCUT2D eigenvalue weighted by atomic mass is 10.1. The van der Waals surface area contributed by atoms with E-state index in [4.69, 9.17) is 0 Å². The zero-order chi connectivity index (χ0) is 19.1. The van der Waals surface area contributed by atoms with Gasteiger partial charge in [0, 0.05) is 32.4 Å². The molecule has 0 fully saturated rings. The molecule has 27 heavy (non-hydrogen) atoms. The summed E-state index contributed by atoms with van der Waals surface area (Å²) in [7, 11) is 1.69. The summed E-state index contributed by atoms with van der Waals surface area (Å²) >= 11 is 0. The van der Waals surface area contributed by atoms with E-state index in [1.54, 1.807) is 7.05 Å². The van der Waals surface area contributed by atoms with Crippen molar-refractivity contribution >= 4 is 22.8 Å². The fraction of sp³-hybridized carbons (Fsp3) is 0.450. The second-order valence-corrected chi connectivity index (χ2v) is 7.06. The van der Waals surface area contributed by atoms with Crippen LogP contribution in [-0.2, 0) is 26.6 Å². The van der Waals surface area contributed by atoms with Gasteiger partial charge < -0.3 is 9.47 Å². The number of imidazole rings is 1. The van der Waals surface area contributed by atoms with Gasteiger partial charge in [-0.1, -0.05) is 32.4 Å². The second kappa shape index (κ2) is 6.72. The molecule has 0 unspecified atom stereocenters. The minimum Gasteiger partial charge on any atom is -0.310 e. The maximum absolute atomic E-state index is 13.0. The third kappa shape index (κ3) is 2.69. The highest BCUT2D eigenvalue weighted by Crippen LogP contribution is 2.31. The summed E-state index contributed by atoms with van der Waals surface area (Å²) in [6, 6.07) is 8.42. The Bertz CT molecular complexity index is 1100. The lowest BCUT2D eigenvalue weighted by Gasteiger charge is -2.16. The molecular weight excluding hydrogens is 342 g/mol. The van der Waals surface area contributed by atoms with Crippen molar-refractivity contribution in [3.8, 4) is 0 Å². The number of unbranched alkanes of at least 4 members (excludes halogenated alkanes) is 1. The molecule has 0 aliphatic carbocycles. The molecule has 7 nitrogen and oxygen atoms in total. The van der Waals surface area contributed by atoms with E-state index in [9.17, 15) is 9.59 Å². The number of benzene rings is 1. The van der Waals surface area contributed by atoms with Gasteiger partial charge in [-0.25, -0.2) is 4.79 Å². The standard InChI is InChI=1S/C20H25N5O2/c1-4-6-11-25-18(26)16-17(22(3)20(25)27)21-19-23(12-13-24(16)19)15-9-7-14(5-2)8-10-15/h7-10H,4-6,11-13H2,1-3H3. The van der Waals surface area contributed by atoms with Crippen LogP contribution in [0.4, 0.5) is 11.6 Å². The van der Waals surface area contributed by atoms with E-state index >= 15 is 0 Å². The van der Waals surface area contributed by atoms with Crippen LogP contribution in [0.3, 0.4) is 0 Å². The number of rotatable bonds is 5. The van der Waals surface area contributed by atoms with Crippen molar-refractivity contribution in [1.29, 1.82) is 0 Å². The van der Waals surface area contributed by atoms with Gasteiger partial charge >= 0.3 is 5.69 Å². The van der Waals surface area contributed by atoms with E-state index in [-0.39, 0.29) is 11.2 Å². The summed E-state index contributed by atoms with van der Waals surface area (Å²) in [5.74, 6) is 0.731. The quantitative estimate of drug-likeness (QED) is 0.695. The van der Waals surface area contributed by atoms with E-state index in [0.717, 1.165) is 37.4 Å². The average Bonchev–Trinajstić information content (AvgIpc) is 3.26. The minimum absolute atomic E-state index is 0.233. The van der Waals surface area contributed by atoms with Crippen LogP contribution in [0.15, 0.2) is 33.9 Å². The van der Waals surface area contributed by atoms with Gasteiger partial charge in [0.1, 0.15) is 0 Å². The van der Waals surface area contributed by atoms with Crippen LogP contribution in [0.25, 0.3) is 11.2 Å². The molecule has 0 amide bonds. The molecule has 142 valence electrons. The smallest absolute Gasteiger partial charge is 0.310 e. The Hall–Kier alpha value is -2.83. The number of aromatic nitrogens is 4. The maximum atomic E-state index is 13.0. The molecule has 0 saturated heterocycles. The highest BCUT2D eigenvalue weighted by Gasteiger charge is 2.28. The minimum atomic E-state index is -0.295. The summed E-state index contributed by atoms with van der Waals surface area (Å²) in [4.78, 5) is 32.4. The molecule has 4 rings (SSSR count). The van der Waals surface area contributed by atoms with Crippen molar-refractivity contribution in [3.05, 3.63) is 50.7 Å². The molecular formula is C20H25N5O2. The van der Waals surface area contributed by atoms with Crippen molar-refractivity contribution < 1.29 is 0 Å². The third-order valence-electron chi connectivity index (χ3n) is 5.39. The SMILES string of the molecule is CCCCn1c(=O)c2c(nc3n2CCN3c2ccc(CC)cc2)n(C)c1=O. The van der Waals surface area contributed by atoms with Crippen LogP contribution in [0.2, 0.25) is 0 Å². The van der Waals surface area contributed by atoms with Gasteiger partial charge in [0.2, 0.25) is 5.95 Å². The first-order chi connectivity index (χ1) is 13.1. The predicted octanol–water partition coefficient (Wildman–Crippen LogP) is 2.41. The largest absolute Gasteiger partial charge is 0.332 e. The monoisotopic (exact) mass is 367 g/mol. The zero-order valence-electron chi connectivity index (χ0n) is 16.1. The van der Waals surface area contributed by atoms with E-state index in [1.165, 1.54) is 14.7 Å².